The van der Waals surface area contributed by atoms with E-state index in [0.29, 0.717) is 24.8 Å². The second kappa shape index (κ2) is 4.89. The van der Waals surface area contributed by atoms with Crippen LogP contribution in [0.4, 0.5) is 5.82 Å². The third-order valence-corrected chi connectivity index (χ3v) is 4.51. The Morgan fingerprint density at radius 2 is 2.10 bits per heavy atom. The highest BCUT2D eigenvalue weighted by atomic mass is 16.2. The molecule has 106 valence electrons. The first-order valence-electron chi connectivity index (χ1n) is 7.12. The lowest BCUT2D eigenvalue weighted by molar-refractivity contribution is -0.134. The average molecular weight is 273 g/mol. The van der Waals surface area contributed by atoms with Gasteiger partial charge in [0.25, 0.3) is 0 Å². The molecule has 0 bridgehead atoms. The normalized spacial score (nSPS) is 29.9. The van der Waals surface area contributed by atoms with Gasteiger partial charge in [-0.15, -0.1) is 0 Å². The molecule has 3 atom stereocenters. The predicted molar refractivity (Wildman–Crippen MR) is 75.3 cm³/mol. The highest BCUT2D eigenvalue weighted by Gasteiger charge is 2.33. The maximum absolute atomic E-state index is 11.8. The van der Waals surface area contributed by atoms with Gasteiger partial charge in [0.1, 0.15) is 5.82 Å². The molecule has 1 aromatic heterocycles. The summed E-state index contributed by atoms with van der Waals surface area (Å²) in [4.78, 5) is 29.7. The van der Waals surface area contributed by atoms with Crippen LogP contribution in [0.25, 0.3) is 0 Å². The third-order valence-electron chi connectivity index (χ3n) is 4.51. The molecule has 2 unspecified atom stereocenters. The summed E-state index contributed by atoms with van der Waals surface area (Å²) in [7, 11) is 0. The minimum absolute atomic E-state index is 0.181. The van der Waals surface area contributed by atoms with E-state index in [9.17, 15) is 9.59 Å². The summed E-state index contributed by atoms with van der Waals surface area (Å²) in [6.07, 6.45) is 2.74. The summed E-state index contributed by atoms with van der Waals surface area (Å²) in [6.45, 7) is 5.47. The minimum Gasteiger partial charge on any atom is -0.353 e. The first kappa shape index (κ1) is 13.1. The van der Waals surface area contributed by atoms with Gasteiger partial charge < -0.3 is 4.90 Å². The molecule has 0 aromatic carbocycles. The van der Waals surface area contributed by atoms with Crippen LogP contribution in [-0.4, -0.2) is 29.4 Å². The fraction of sp³-hybridized carbons (Fsp3) is 0.533. The smallest absolute Gasteiger partial charge is 0.234 e. The number of rotatable bonds is 2. The van der Waals surface area contributed by atoms with Gasteiger partial charge in [-0.2, -0.15) is 0 Å². The molecule has 20 heavy (non-hydrogen) atoms. The zero-order valence-corrected chi connectivity index (χ0v) is 11.8. The molecule has 2 amide bonds. The number of carbonyl (C=O) groups excluding carboxylic acids is 2. The van der Waals surface area contributed by atoms with Gasteiger partial charge in [-0.25, -0.2) is 4.98 Å². The maximum Gasteiger partial charge on any atom is 0.234 e. The van der Waals surface area contributed by atoms with Gasteiger partial charge >= 0.3 is 0 Å². The van der Waals surface area contributed by atoms with Crippen LogP contribution in [0, 0.1) is 5.92 Å². The van der Waals surface area contributed by atoms with Crippen molar-refractivity contribution in [1.29, 1.82) is 0 Å². The molecule has 1 aromatic rings. The molecule has 3 rings (SSSR count). The summed E-state index contributed by atoms with van der Waals surface area (Å²) in [5.41, 5.74) is 0.889. The second-order valence-electron chi connectivity index (χ2n) is 5.82. The van der Waals surface area contributed by atoms with Gasteiger partial charge in [-0.3, -0.25) is 14.9 Å². The molecule has 2 aliphatic heterocycles. The van der Waals surface area contributed by atoms with Crippen molar-refractivity contribution in [3.63, 3.8) is 0 Å². The van der Waals surface area contributed by atoms with Crippen molar-refractivity contribution < 1.29 is 9.59 Å². The van der Waals surface area contributed by atoms with Crippen molar-refractivity contribution in [2.45, 2.75) is 38.6 Å². The molecule has 0 spiro atoms. The lowest BCUT2D eigenvalue weighted by Gasteiger charge is -2.45. The molecular weight excluding hydrogens is 254 g/mol. The largest absolute Gasteiger partial charge is 0.353 e. The Balaban J connectivity index is 1.73. The maximum atomic E-state index is 11.8. The topological polar surface area (TPSA) is 62.3 Å². The molecule has 5 nitrogen and oxygen atoms in total. The van der Waals surface area contributed by atoms with E-state index in [-0.39, 0.29) is 17.7 Å². The van der Waals surface area contributed by atoms with E-state index in [1.807, 2.05) is 12.1 Å². The van der Waals surface area contributed by atoms with Crippen molar-refractivity contribution >= 4 is 17.6 Å². The lowest BCUT2D eigenvalue weighted by Crippen LogP contribution is -2.53. The number of amides is 2. The number of hydrogen-bond acceptors (Lipinski definition) is 4. The van der Waals surface area contributed by atoms with Gasteiger partial charge in [0.15, 0.2) is 0 Å². The Hall–Kier alpha value is -1.91. The minimum atomic E-state index is -0.248. The van der Waals surface area contributed by atoms with Crippen LogP contribution >= 0.6 is 0 Å². The van der Waals surface area contributed by atoms with E-state index >= 15 is 0 Å². The van der Waals surface area contributed by atoms with Gasteiger partial charge in [-0.05, 0) is 30.9 Å². The number of anilines is 1. The number of nitrogens with one attached hydrogen (secondary N) is 1. The Morgan fingerprint density at radius 3 is 2.65 bits per heavy atom. The summed E-state index contributed by atoms with van der Waals surface area (Å²) >= 11 is 0. The molecule has 0 saturated carbocycles. The van der Waals surface area contributed by atoms with Gasteiger partial charge in [0.2, 0.25) is 11.8 Å². The van der Waals surface area contributed by atoms with E-state index in [0.717, 1.165) is 17.9 Å². The number of hydrogen-bond donors (Lipinski definition) is 1. The molecule has 2 fully saturated rings. The van der Waals surface area contributed by atoms with Gasteiger partial charge in [0.05, 0.1) is 5.92 Å². The van der Waals surface area contributed by atoms with E-state index < -0.39 is 0 Å². The second-order valence-corrected chi connectivity index (χ2v) is 5.82. The third kappa shape index (κ3) is 2.17. The highest BCUT2D eigenvalue weighted by Crippen LogP contribution is 2.30. The molecular formula is C15H19N3O2. The molecule has 5 heteroatoms. The van der Waals surface area contributed by atoms with Crippen LogP contribution in [0.2, 0.25) is 0 Å². The number of pyridine rings is 1. The van der Waals surface area contributed by atoms with E-state index in [2.05, 4.69) is 29.0 Å². The first-order chi connectivity index (χ1) is 9.56. The quantitative estimate of drug-likeness (QED) is 0.828. The van der Waals surface area contributed by atoms with Gasteiger partial charge in [-0.1, -0.05) is 13.0 Å². The van der Waals surface area contributed by atoms with Gasteiger partial charge in [0, 0.05) is 25.2 Å². The zero-order chi connectivity index (χ0) is 14.3. The number of aromatic nitrogens is 1. The van der Waals surface area contributed by atoms with Crippen molar-refractivity contribution in [3.05, 3.63) is 23.9 Å². The fourth-order valence-electron chi connectivity index (χ4n) is 2.89. The zero-order valence-electron chi connectivity index (χ0n) is 11.8. The fourth-order valence-corrected chi connectivity index (χ4v) is 2.89. The standard InChI is InChI=1S/C15H19N3O2/c1-9-8-18(10(9)2)13-5-3-11(7-16-13)12-4-6-14(19)17-15(12)20/h3,5,7,9-10,12H,4,6,8H2,1-2H3,(H,17,19,20)/t9?,10?,12-/m1/s1. The number of piperidine rings is 1. The van der Waals surface area contributed by atoms with Crippen LogP contribution < -0.4 is 10.2 Å². The molecule has 2 aliphatic rings. The monoisotopic (exact) mass is 273 g/mol. The summed E-state index contributed by atoms with van der Waals surface area (Å²) in [5.74, 6) is 1.03. The van der Waals surface area contributed by atoms with Crippen LogP contribution in [-0.2, 0) is 9.59 Å². The molecule has 0 aliphatic carbocycles. The van der Waals surface area contributed by atoms with Crippen molar-refractivity contribution in [3.8, 4) is 0 Å². The SMILES string of the molecule is CC1CN(c2ccc([C@H]3CCC(=O)NC3=O)cn2)C1C. The van der Waals surface area contributed by atoms with Crippen LogP contribution in [0.1, 0.15) is 38.2 Å². The Morgan fingerprint density at radius 1 is 1.30 bits per heavy atom. The Kier molecular flexibility index (Phi) is 3.20. The van der Waals surface area contributed by atoms with Crippen molar-refractivity contribution in [1.82, 2.24) is 10.3 Å². The van der Waals surface area contributed by atoms with Crippen molar-refractivity contribution in [2.75, 3.05) is 11.4 Å². The predicted octanol–water partition coefficient (Wildman–Crippen LogP) is 1.45. The Labute approximate surface area is 118 Å². The highest BCUT2D eigenvalue weighted by molar-refractivity contribution is 6.00. The number of imide groups is 1. The Bertz CT molecular complexity index is 541. The molecule has 3 heterocycles. The van der Waals surface area contributed by atoms with E-state index in [1.165, 1.54) is 0 Å². The van der Waals surface area contributed by atoms with E-state index in [4.69, 9.17) is 0 Å². The number of nitrogens with zero attached hydrogens (tertiary/aromatic N) is 2. The summed E-state index contributed by atoms with van der Waals surface area (Å²) in [5, 5.41) is 2.38. The summed E-state index contributed by atoms with van der Waals surface area (Å²) < 4.78 is 0. The van der Waals surface area contributed by atoms with Crippen LogP contribution in [0.3, 0.4) is 0 Å². The lowest BCUT2D eigenvalue weighted by atomic mass is 9.90. The average Bonchev–Trinajstić information content (AvgIpc) is 2.45. The molecule has 0 radical (unpaired) electrons. The summed E-state index contributed by atoms with van der Waals surface area (Å²) in [6, 6.07) is 4.45. The number of carbonyl (C=O) groups is 2. The van der Waals surface area contributed by atoms with E-state index in [1.54, 1.807) is 6.20 Å². The van der Waals surface area contributed by atoms with Crippen LogP contribution in [0.5, 0.6) is 0 Å². The first-order valence-corrected chi connectivity index (χ1v) is 7.12. The van der Waals surface area contributed by atoms with Crippen molar-refractivity contribution in [2.24, 2.45) is 5.92 Å². The molecule has 2 saturated heterocycles. The van der Waals surface area contributed by atoms with Crippen LogP contribution in [0.15, 0.2) is 18.3 Å². The molecule has 1 N–H and O–H groups in total.